The van der Waals surface area contributed by atoms with Crippen LogP contribution in [0.15, 0.2) is 47.3 Å². The van der Waals surface area contributed by atoms with Crippen molar-refractivity contribution in [1.29, 1.82) is 0 Å². The topological polar surface area (TPSA) is 65.2 Å². The summed E-state index contributed by atoms with van der Waals surface area (Å²) < 4.78 is 0. The number of carbonyl (C=O) groups excluding carboxylic acids is 1. The van der Waals surface area contributed by atoms with Gasteiger partial charge in [0, 0.05) is 19.2 Å². The predicted octanol–water partition coefficient (Wildman–Crippen LogP) is 1.84. The summed E-state index contributed by atoms with van der Waals surface area (Å²) in [5, 5.41) is 3.31. The minimum atomic E-state index is -0.267. The Labute approximate surface area is 116 Å². The summed E-state index contributed by atoms with van der Waals surface area (Å²) in [6.45, 7) is 1.45. The molecule has 102 valence electrons. The van der Waals surface area contributed by atoms with E-state index in [4.69, 9.17) is 0 Å². The van der Waals surface area contributed by atoms with Gasteiger partial charge < -0.3 is 15.2 Å². The Hall–Kier alpha value is -2.56. The number of para-hydroxylation sites is 2. The van der Waals surface area contributed by atoms with Gasteiger partial charge in [0.15, 0.2) is 0 Å². The first-order chi connectivity index (χ1) is 9.75. The largest absolute Gasteiger partial charge is 0.383 e. The van der Waals surface area contributed by atoms with Crippen LogP contribution in [0.1, 0.15) is 16.9 Å². The van der Waals surface area contributed by atoms with Crippen LogP contribution in [0.2, 0.25) is 0 Å². The van der Waals surface area contributed by atoms with E-state index in [1.54, 1.807) is 17.0 Å². The highest BCUT2D eigenvalue weighted by Gasteiger charge is 2.22. The van der Waals surface area contributed by atoms with Gasteiger partial charge in [-0.1, -0.05) is 18.2 Å². The van der Waals surface area contributed by atoms with Gasteiger partial charge in [-0.2, -0.15) is 0 Å². The molecule has 1 amide bonds. The summed E-state index contributed by atoms with van der Waals surface area (Å²) in [5.41, 5.74) is 1.84. The Morgan fingerprint density at radius 2 is 1.95 bits per heavy atom. The minimum Gasteiger partial charge on any atom is -0.383 e. The molecule has 0 unspecified atom stereocenters. The van der Waals surface area contributed by atoms with Crippen molar-refractivity contribution in [2.75, 3.05) is 23.3 Å². The second-order valence-electron chi connectivity index (χ2n) is 4.68. The average Bonchev–Trinajstić information content (AvgIpc) is 2.69. The molecule has 20 heavy (non-hydrogen) atoms. The number of rotatable bonds is 1. The number of H-pyrrole nitrogens is 1. The van der Waals surface area contributed by atoms with Gasteiger partial charge in [0.05, 0.1) is 11.4 Å². The van der Waals surface area contributed by atoms with Crippen LogP contribution in [0.3, 0.4) is 0 Å². The third kappa shape index (κ3) is 2.30. The summed E-state index contributed by atoms with van der Waals surface area (Å²) in [4.78, 5) is 28.2. The summed E-state index contributed by atoms with van der Waals surface area (Å²) in [6, 6.07) is 12.3. The van der Waals surface area contributed by atoms with E-state index >= 15 is 0 Å². The first-order valence-electron chi connectivity index (χ1n) is 6.60. The molecule has 2 heterocycles. The second-order valence-corrected chi connectivity index (χ2v) is 4.68. The summed E-state index contributed by atoms with van der Waals surface area (Å²) in [7, 11) is 0. The highest BCUT2D eigenvalue weighted by molar-refractivity contribution is 6.06. The van der Waals surface area contributed by atoms with Crippen molar-refractivity contribution in [1.82, 2.24) is 4.98 Å². The van der Waals surface area contributed by atoms with Crippen molar-refractivity contribution in [2.45, 2.75) is 6.42 Å². The van der Waals surface area contributed by atoms with Crippen LogP contribution in [0.4, 0.5) is 11.4 Å². The fraction of sp³-hybridized carbons (Fsp3) is 0.200. The van der Waals surface area contributed by atoms with E-state index in [0.717, 1.165) is 24.3 Å². The van der Waals surface area contributed by atoms with E-state index < -0.39 is 0 Å². The summed E-state index contributed by atoms with van der Waals surface area (Å²) in [6.07, 6.45) is 0.859. The molecule has 2 aromatic rings. The smallest absolute Gasteiger partial charge is 0.274 e. The van der Waals surface area contributed by atoms with Crippen LogP contribution in [0.25, 0.3) is 0 Å². The van der Waals surface area contributed by atoms with Crippen LogP contribution in [0, 0.1) is 0 Å². The van der Waals surface area contributed by atoms with Crippen molar-refractivity contribution in [3.05, 3.63) is 58.5 Å². The second kappa shape index (κ2) is 5.21. The molecule has 5 nitrogen and oxygen atoms in total. The molecule has 1 aliphatic heterocycles. The number of hydrogen-bond acceptors (Lipinski definition) is 3. The summed E-state index contributed by atoms with van der Waals surface area (Å²) >= 11 is 0. The molecule has 0 bridgehead atoms. The zero-order chi connectivity index (χ0) is 13.9. The summed E-state index contributed by atoms with van der Waals surface area (Å²) in [5.74, 6) is -0.182. The molecule has 0 aliphatic carbocycles. The third-order valence-electron chi connectivity index (χ3n) is 3.31. The molecule has 0 saturated heterocycles. The van der Waals surface area contributed by atoms with Crippen LogP contribution >= 0.6 is 0 Å². The van der Waals surface area contributed by atoms with E-state index in [1.165, 1.54) is 6.07 Å². The standard InChI is InChI=1S/C15H15N3O2/c19-14-8-3-6-12(17-14)15(20)18-10-4-9-16-11-5-1-2-7-13(11)18/h1-3,5-8,16H,4,9-10H2,(H,17,19). The molecule has 0 saturated carbocycles. The molecule has 1 aromatic carbocycles. The predicted molar refractivity (Wildman–Crippen MR) is 78.3 cm³/mol. The SMILES string of the molecule is O=C(c1cccc(=O)[nH]1)N1CCCNc2ccccc21. The molecular formula is C15H15N3O2. The normalized spacial score (nSPS) is 14.1. The van der Waals surface area contributed by atoms with Gasteiger partial charge in [0.2, 0.25) is 5.56 Å². The number of nitrogens with zero attached hydrogens (tertiary/aromatic N) is 1. The Bertz CT molecular complexity index is 693. The lowest BCUT2D eigenvalue weighted by molar-refractivity contribution is 0.0982. The van der Waals surface area contributed by atoms with Crippen LogP contribution in [-0.2, 0) is 0 Å². The zero-order valence-electron chi connectivity index (χ0n) is 10.9. The first kappa shape index (κ1) is 12.5. The highest BCUT2D eigenvalue weighted by atomic mass is 16.2. The van der Waals surface area contributed by atoms with E-state index in [1.807, 2.05) is 24.3 Å². The number of aromatic amines is 1. The monoisotopic (exact) mass is 269 g/mol. The Balaban J connectivity index is 2.01. The number of pyridine rings is 1. The molecule has 1 aliphatic rings. The van der Waals surface area contributed by atoms with Crippen LogP contribution in [-0.4, -0.2) is 24.0 Å². The van der Waals surface area contributed by atoms with Gasteiger partial charge in [-0.05, 0) is 24.6 Å². The number of aromatic nitrogens is 1. The van der Waals surface area contributed by atoms with Crippen molar-refractivity contribution in [3.63, 3.8) is 0 Å². The molecule has 3 rings (SSSR count). The Morgan fingerprint density at radius 3 is 2.80 bits per heavy atom. The molecule has 5 heteroatoms. The minimum absolute atomic E-state index is 0.182. The molecule has 2 N–H and O–H groups in total. The quantitative estimate of drug-likeness (QED) is 0.830. The lowest BCUT2D eigenvalue weighted by Gasteiger charge is -2.22. The lowest BCUT2D eigenvalue weighted by atomic mass is 10.2. The number of benzene rings is 1. The third-order valence-corrected chi connectivity index (χ3v) is 3.31. The van der Waals surface area contributed by atoms with E-state index in [0.29, 0.717) is 12.2 Å². The first-order valence-corrected chi connectivity index (χ1v) is 6.60. The number of amides is 1. The molecule has 0 radical (unpaired) electrons. The Kier molecular flexibility index (Phi) is 3.25. The molecular weight excluding hydrogens is 254 g/mol. The zero-order valence-corrected chi connectivity index (χ0v) is 10.9. The number of fused-ring (bicyclic) bond motifs is 1. The average molecular weight is 269 g/mol. The molecule has 0 spiro atoms. The fourth-order valence-corrected chi connectivity index (χ4v) is 2.37. The van der Waals surface area contributed by atoms with Gasteiger partial charge in [-0.15, -0.1) is 0 Å². The maximum atomic E-state index is 12.6. The number of carbonyl (C=O) groups is 1. The maximum Gasteiger partial charge on any atom is 0.274 e. The number of nitrogens with one attached hydrogen (secondary N) is 2. The van der Waals surface area contributed by atoms with E-state index in [9.17, 15) is 9.59 Å². The van der Waals surface area contributed by atoms with Crippen LogP contribution < -0.4 is 15.8 Å². The lowest BCUT2D eigenvalue weighted by Crippen LogP contribution is -2.33. The molecule has 0 fully saturated rings. The Morgan fingerprint density at radius 1 is 1.10 bits per heavy atom. The molecule has 0 atom stereocenters. The van der Waals surface area contributed by atoms with Gasteiger partial charge in [0.1, 0.15) is 5.69 Å². The van der Waals surface area contributed by atoms with Gasteiger partial charge in [-0.25, -0.2) is 0 Å². The van der Waals surface area contributed by atoms with Gasteiger partial charge in [-0.3, -0.25) is 9.59 Å². The highest BCUT2D eigenvalue weighted by Crippen LogP contribution is 2.28. The number of hydrogen-bond donors (Lipinski definition) is 2. The van der Waals surface area contributed by atoms with Crippen molar-refractivity contribution in [3.8, 4) is 0 Å². The van der Waals surface area contributed by atoms with E-state index in [2.05, 4.69) is 10.3 Å². The van der Waals surface area contributed by atoms with Crippen LogP contribution in [0.5, 0.6) is 0 Å². The number of anilines is 2. The van der Waals surface area contributed by atoms with Gasteiger partial charge >= 0.3 is 0 Å². The maximum absolute atomic E-state index is 12.6. The van der Waals surface area contributed by atoms with Crippen molar-refractivity contribution >= 4 is 17.3 Å². The van der Waals surface area contributed by atoms with Crippen molar-refractivity contribution in [2.24, 2.45) is 0 Å². The fourth-order valence-electron chi connectivity index (χ4n) is 2.37. The van der Waals surface area contributed by atoms with Crippen molar-refractivity contribution < 1.29 is 4.79 Å². The van der Waals surface area contributed by atoms with E-state index in [-0.39, 0.29) is 11.5 Å². The molecule has 1 aromatic heterocycles. The van der Waals surface area contributed by atoms with Gasteiger partial charge in [0.25, 0.3) is 5.91 Å².